The van der Waals surface area contributed by atoms with E-state index in [4.69, 9.17) is 0 Å². The third-order valence-corrected chi connectivity index (χ3v) is 6.08. The Morgan fingerprint density at radius 3 is 2.54 bits per heavy atom. The zero-order chi connectivity index (χ0) is 18.4. The van der Waals surface area contributed by atoms with Crippen molar-refractivity contribution >= 4 is 23.2 Å². The number of hydrogen-bond donors (Lipinski definition) is 1. The Hall–Kier alpha value is -1.60. The molecule has 2 aliphatic rings. The molecule has 2 fully saturated rings. The molecule has 0 radical (unpaired) electrons. The molecule has 0 bridgehead atoms. The van der Waals surface area contributed by atoms with Crippen LogP contribution < -0.4 is 5.32 Å². The predicted molar refractivity (Wildman–Crippen MR) is 108 cm³/mol. The highest BCUT2D eigenvalue weighted by Gasteiger charge is 2.24. The minimum absolute atomic E-state index is 0.294. The van der Waals surface area contributed by atoms with Gasteiger partial charge in [0.25, 0.3) is 0 Å². The molecular weight excluding hydrogens is 346 g/mol. The minimum atomic E-state index is 0.294. The summed E-state index contributed by atoms with van der Waals surface area (Å²) in [5, 5.41) is 7.86. The van der Waals surface area contributed by atoms with Gasteiger partial charge in [-0.2, -0.15) is 11.3 Å². The van der Waals surface area contributed by atoms with Crippen LogP contribution in [0.5, 0.6) is 0 Å². The lowest BCUT2D eigenvalue weighted by Crippen LogP contribution is -2.54. The fourth-order valence-corrected chi connectivity index (χ4v) is 4.41. The van der Waals surface area contributed by atoms with Gasteiger partial charge >= 0.3 is 0 Å². The van der Waals surface area contributed by atoms with Gasteiger partial charge in [-0.25, -0.2) is 0 Å². The standard InChI is InChI=1S/C19H31N5OS/c1-16(17-5-12-26-15-17)13-21-19(20-2)24-10-8-22(9-11-24)14-18(25)23-6-3-4-7-23/h5,12,15-16H,3-4,6-11,13-14H2,1-2H3,(H,20,21). The van der Waals surface area contributed by atoms with E-state index in [1.54, 1.807) is 11.3 Å². The van der Waals surface area contributed by atoms with Crippen molar-refractivity contribution in [1.29, 1.82) is 0 Å². The monoisotopic (exact) mass is 377 g/mol. The Bertz CT molecular complexity index is 589. The molecule has 3 rings (SSSR count). The molecule has 26 heavy (non-hydrogen) atoms. The molecule has 0 saturated carbocycles. The van der Waals surface area contributed by atoms with E-state index in [1.807, 2.05) is 11.9 Å². The van der Waals surface area contributed by atoms with E-state index < -0.39 is 0 Å². The third-order valence-electron chi connectivity index (χ3n) is 5.38. The fourth-order valence-electron chi connectivity index (χ4n) is 3.63. The predicted octanol–water partition coefficient (Wildman–Crippen LogP) is 1.67. The Balaban J connectivity index is 1.41. The number of nitrogens with one attached hydrogen (secondary N) is 1. The number of hydrogen-bond acceptors (Lipinski definition) is 4. The van der Waals surface area contributed by atoms with Gasteiger partial charge < -0.3 is 15.1 Å². The van der Waals surface area contributed by atoms with E-state index in [1.165, 1.54) is 5.56 Å². The van der Waals surface area contributed by atoms with Crippen LogP contribution in [0, 0.1) is 0 Å². The van der Waals surface area contributed by atoms with Crippen LogP contribution in [0.25, 0.3) is 0 Å². The summed E-state index contributed by atoms with van der Waals surface area (Å²) < 4.78 is 0. The third kappa shape index (κ3) is 4.98. The summed E-state index contributed by atoms with van der Waals surface area (Å²) in [6, 6.07) is 2.19. The normalized spacial score (nSPS) is 20.5. The van der Waals surface area contributed by atoms with Gasteiger partial charge in [0.1, 0.15) is 0 Å². The second-order valence-corrected chi connectivity index (χ2v) is 8.02. The van der Waals surface area contributed by atoms with E-state index in [-0.39, 0.29) is 0 Å². The highest BCUT2D eigenvalue weighted by Crippen LogP contribution is 2.17. The summed E-state index contributed by atoms with van der Waals surface area (Å²) in [7, 11) is 1.85. The topological polar surface area (TPSA) is 51.2 Å². The number of thiophene rings is 1. The number of rotatable bonds is 5. The molecule has 3 heterocycles. The number of amides is 1. The van der Waals surface area contributed by atoms with Gasteiger partial charge in [-0.3, -0.25) is 14.7 Å². The van der Waals surface area contributed by atoms with E-state index >= 15 is 0 Å². The number of aliphatic imine (C=N–C) groups is 1. The van der Waals surface area contributed by atoms with Gasteiger partial charge in [0.2, 0.25) is 5.91 Å². The van der Waals surface area contributed by atoms with Gasteiger partial charge in [0, 0.05) is 52.9 Å². The maximum absolute atomic E-state index is 12.3. The molecule has 0 aliphatic carbocycles. The summed E-state index contributed by atoms with van der Waals surface area (Å²) in [5.74, 6) is 1.73. The van der Waals surface area contributed by atoms with Crippen molar-refractivity contribution in [3.05, 3.63) is 22.4 Å². The van der Waals surface area contributed by atoms with Crippen LogP contribution in [0.4, 0.5) is 0 Å². The lowest BCUT2D eigenvalue weighted by molar-refractivity contribution is -0.131. The first kappa shape index (κ1) is 19.2. The molecule has 1 amide bonds. The SMILES string of the molecule is CN=C(NCC(C)c1ccsc1)N1CCN(CC(=O)N2CCCC2)CC1. The highest BCUT2D eigenvalue weighted by atomic mass is 32.1. The van der Waals surface area contributed by atoms with E-state index in [9.17, 15) is 4.79 Å². The number of carbonyl (C=O) groups excluding carboxylic acids is 1. The summed E-state index contributed by atoms with van der Waals surface area (Å²) >= 11 is 1.75. The van der Waals surface area contributed by atoms with Crippen LogP contribution in [0.3, 0.4) is 0 Å². The molecule has 1 aromatic rings. The van der Waals surface area contributed by atoms with E-state index in [0.29, 0.717) is 18.4 Å². The van der Waals surface area contributed by atoms with Gasteiger partial charge in [0.15, 0.2) is 5.96 Å². The molecule has 1 atom stereocenters. The first-order valence-corrected chi connectivity index (χ1v) is 10.6. The zero-order valence-corrected chi connectivity index (χ0v) is 16.8. The lowest BCUT2D eigenvalue weighted by Gasteiger charge is -2.36. The second kappa shape index (κ2) is 9.37. The van der Waals surface area contributed by atoms with Crippen LogP contribution in [0.15, 0.2) is 21.8 Å². The molecule has 0 spiro atoms. The van der Waals surface area contributed by atoms with Gasteiger partial charge in [-0.05, 0) is 41.1 Å². The maximum Gasteiger partial charge on any atom is 0.236 e. The van der Waals surface area contributed by atoms with Crippen LogP contribution in [-0.4, -0.2) is 86.0 Å². The van der Waals surface area contributed by atoms with Crippen molar-refractivity contribution in [2.24, 2.45) is 4.99 Å². The molecule has 2 saturated heterocycles. The quantitative estimate of drug-likeness (QED) is 0.626. The summed E-state index contributed by atoms with van der Waals surface area (Å²) in [6.45, 7) is 9.24. The van der Waals surface area contributed by atoms with Gasteiger partial charge in [-0.15, -0.1) is 0 Å². The summed E-state index contributed by atoms with van der Waals surface area (Å²) in [6.07, 6.45) is 2.32. The Morgan fingerprint density at radius 2 is 1.92 bits per heavy atom. The number of piperazine rings is 1. The summed E-state index contributed by atoms with van der Waals surface area (Å²) in [4.78, 5) is 23.4. The van der Waals surface area contributed by atoms with Crippen molar-refractivity contribution in [2.45, 2.75) is 25.7 Å². The Kier molecular flexibility index (Phi) is 6.91. The molecule has 1 N–H and O–H groups in total. The highest BCUT2D eigenvalue weighted by molar-refractivity contribution is 7.07. The van der Waals surface area contributed by atoms with Crippen molar-refractivity contribution in [3.63, 3.8) is 0 Å². The molecule has 6 nitrogen and oxygen atoms in total. The van der Waals surface area contributed by atoms with E-state index in [2.05, 4.69) is 43.9 Å². The zero-order valence-electron chi connectivity index (χ0n) is 16.0. The fraction of sp³-hybridized carbons (Fsp3) is 0.684. The average molecular weight is 378 g/mol. The number of likely N-dealkylation sites (tertiary alicyclic amines) is 1. The van der Waals surface area contributed by atoms with Crippen LogP contribution >= 0.6 is 11.3 Å². The minimum Gasteiger partial charge on any atom is -0.356 e. The van der Waals surface area contributed by atoms with Crippen molar-refractivity contribution in [1.82, 2.24) is 20.0 Å². The molecule has 0 aromatic carbocycles. The molecule has 144 valence electrons. The average Bonchev–Trinajstić information content (AvgIpc) is 3.37. The van der Waals surface area contributed by atoms with Crippen LogP contribution in [0.1, 0.15) is 31.2 Å². The molecule has 7 heteroatoms. The molecule has 1 unspecified atom stereocenters. The lowest BCUT2D eigenvalue weighted by atomic mass is 10.1. The Labute approximate surface area is 160 Å². The number of nitrogens with zero attached hydrogens (tertiary/aromatic N) is 4. The first-order valence-electron chi connectivity index (χ1n) is 9.65. The number of guanidine groups is 1. The molecular formula is C19H31N5OS. The maximum atomic E-state index is 12.3. The van der Waals surface area contributed by atoms with Crippen LogP contribution in [-0.2, 0) is 4.79 Å². The van der Waals surface area contributed by atoms with Gasteiger partial charge in [-0.1, -0.05) is 6.92 Å². The van der Waals surface area contributed by atoms with Crippen LogP contribution in [0.2, 0.25) is 0 Å². The first-order chi connectivity index (χ1) is 12.7. The van der Waals surface area contributed by atoms with E-state index in [0.717, 1.165) is 64.6 Å². The second-order valence-electron chi connectivity index (χ2n) is 7.24. The molecule has 1 aromatic heterocycles. The van der Waals surface area contributed by atoms with Gasteiger partial charge in [0.05, 0.1) is 6.54 Å². The molecule has 2 aliphatic heterocycles. The van der Waals surface area contributed by atoms with Crippen molar-refractivity contribution < 1.29 is 4.79 Å². The Morgan fingerprint density at radius 1 is 1.19 bits per heavy atom. The largest absolute Gasteiger partial charge is 0.356 e. The smallest absolute Gasteiger partial charge is 0.236 e. The number of carbonyl (C=O) groups is 1. The van der Waals surface area contributed by atoms with Crippen molar-refractivity contribution in [2.75, 3.05) is 59.4 Å². The summed E-state index contributed by atoms with van der Waals surface area (Å²) in [5.41, 5.74) is 1.38. The van der Waals surface area contributed by atoms with Crippen molar-refractivity contribution in [3.8, 4) is 0 Å².